The Labute approximate surface area is 820 Å². The van der Waals surface area contributed by atoms with Gasteiger partial charge in [0.15, 0.2) is 9.84 Å². The summed E-state index contributed by atoms with van der Waals surface area (Å²) < 4.78 is 47.5. The molecule has 2 heterocycles. The maximum absolute atomic E-state index is 11.1. The molecule has 0 unspecified atom stereocenters. The number of isocyanates is 1. The van der Waals surface area contributed by atoms with Crippen LogP contribution in [0.4, 0.5) is 0 Å². The molecule has 774 valence electrons. The summed E-state index contributed by atoms with van der Waals surface area (Å²) in [6, 6.07) is 6.01. The van der Waals surface area contributed by atoms with Gasteiger partial charge in [0, 0.05) is 105 Å². The molecule has 0 saturated heterocycles. The smallest absolute Gasteiger partial charge is 0.253 e. The van der Waals surface area contributed by atoms with E-state index < -0.39 is 18.9 Å². The molecule has 22 nitrogen and oxygen atoms in total. The van der Waals surface area contributed by atoms with Crippen molar-refractivity contribution in [1.29, 1.82) is 0 Å². The van der Waals surface area contributed by atoms with E-state index in [0.717, 1.165) is 74.4 Å². The number of ether oxygens (including phenoxy) is 1. The normalized spacial score (nSPS) is 12.3. The second-order valence-corrected chi connectivity index (χ2v) is 57.4. The number of aromatic nitrogens is 1. The molecular formula is C102H206ClN9O13S5. The fourth-order valence-electron chi connectivity index (χ4n) is 7.09. The number of pyridine rings is 1. The second kappa shape index (κ2) is 75.8. The van der Waals surface area contributed by atoms with Crippen LogP contribution < -0.4 is 28.3 Å². The van der Waals surface area contributed by atoms with Gasteiger partial charge in [-0.3, -0.25) is 45.6 Å². The van der Waals surface area contributed by atoms with Crippen LogP contribution in [0, 0.1) is 81.2 Å². The Morgan fingerprint density at radius 2 is 0.923 bits per heavy atom. The minimum absolute atomic E-state index is 0.0293. The van der Waals surface area contributed by atoms with Gasteiger partial charge < -0.3 is 20.1 Å². The van der Waals surface area contributed by atoms with Crippen LogP contribution in [0.2, 0.25) is 0 Å². The lowest BCUT2D eigenvalue weighted by molar-refractivity contribution is -0.138. The number of carbonyl (C=O) groups is 7. The van der Waals surface area contributed by atoms with Gasteiger partial charge in [-0.15, -0.1) is 0 Å². The molecular weight excluding hydrogens is 1750 g/mol. The van der Waals surface area contributed by atoms with Gasteiger partial charge >= 0.3 is 0 Å². The van der Waals surface area contributed by atoms with Crippen molar-refractivity contribution >= 4 is 116 Å². The lowest BCUT2D eigenvalue weighted by Gasteiger charge is -2.24. The summed E-state index contributed by atoms with van der Waals surface area (Å²) in [4.78, 5) is 97.1. The van der Waals surface area contributed by atoms with Gasteiger partial charge in [0.1, 0.15) is 28.7 Å². The topological polar surface area (TPSA) is 357 Å². The van der Waals surface area contributed by atoms with E-state index in [-0.39, 0.29) is 78.3 Å². The number of nitrogens with two attached hydrogens (primary N) is 3. The minimum atomic E-state index is -3.31. The Kier molecular flexibility index (Phi) is 89.8. The first-order valence-electron chi connectivity index (χ1n) is 45.3. The molecule has 0 spiro atoms. The molecule has 1 aliphatic rings. The van der Waals surface area contributed by atoms with E-state index in [4.69, 9.17) is 32.8 Å². The van der Waals surface area contributed by atoms with E-state index in [2.05, 4.69) is 244 Å². The number of hydrazine groups is 2. The highest BCUT2D eigenvalue weighted by molar-refractivity contribution is 8.76. The number of aldehydes is 1. The number of nitrogens with zero attached hydrogens (tertiary/aromatic N) is 4. The number of rotatable bonds is 20. The molecule has 0 bridgehead atoms. The zero-order chi connectivity index (χ0) is 107. The van der Waals surface area contributed by atoms with Crippen LogP contribution in [-0.2, 0) is 62.0 Å². The zero-order valence-corrected chi connectivity index (χ0v) is 97.8. The van der Waals surface area contributed by atoms with Gasteiger partial charge in [0.2, 0.25) is 21.0 Å². The first-order chi connectivity index (χ1) is 57.2. The van der Waals surface area contributed by atoms with Crippen LogP contribution in [0.5, 0.6) is 0 Å². The summed E-state index contributed by atoms with van der Waals surface area (Å²) in [6.07, 6.45) is 14.9. The number of hydrogen-bond acceptors (Lipinski definition) is 23. The Hall–Kier alpha value is -4.21. The van der Waals surface area contributed by atoms with Gasteiger partial charge in [-0.2, -0.15) is 0 Å². The Bertz CT molecular complexity index is 3330. The molecule has 0 atom stereocenters. The first kappa shape index (κ1) is 154. The van der Waals surface area contributed by atoms with Crippen molar-refractivity contribution in [3.8, 4) is 0 Å². The third-order valence-electron chi connectivity index (χ3n) is 13.8. The van der Waals surface area contributed by atoms with E-state index in [1.54, 1.807) is 24.8 Å². The van der Waals surface area contributed by atoms with Crippen LogP contribution in [0.1, 0.15) is 403 Å². The van der Waals surface area contributed by atoms with Gasteiger partial charge in [-0.1, -0.05) is 362 Å². The summed E-state index contributed by atoms with van der Waals surface area (Å²) in [5.41, 5.74) is 12.8. The number of thiocarbonyl (C=S) groups is 1. The molecule has 1 aromatic rings. The Balaban J connectivity index is -0.000000103. The number of hydrogen-bond donors (Lipinski definition) is 5. The van der Waals surface area contributed by atoms with Crippen LogP contribution in [0.15, 0.2) is 63.5 Å². The summed E-state index contributed by atoms with van der Waals surface area (Å²) in [7, 11) is 4.01. The molecule has 0 aromatic carbocycles. The Morgan fingerprint density at radius 3 is 1.06 bits per heavy atom. The fraction of sp³-hybridized carbons (Fsp3) is 0.824. The average Bonchev–Trinajstić information content (AvgIpc) is 1.71. The van der Waals surface area contributed by atoms with Crippen molar-refractivity contribution in [3.63, 3.8) is 0 Å². The Morgan fingerprint density at radius 1 is 0.546 bits per heavy atom. The average molecular weight is 1960 g/mol. The number of methoxy groups -OCH3 is 1. The molecule has 0 fully saturated rings. The van der Waals surface area contributed by atoms with Gasteiger partial charge in [-0.25, -0.2) is 42.4 Å². The summed E-state index contributed by atoms with van der Waals surface area (Å²) >= 11 is 4.40. The molecule has 0 radical (unpaired) electrons. The standard InChI is InChI=1S/C10H15NS2.C9H13NO2.2C9H18O.C7H14O2S.C7H14O.C6H14N2O.C6H11NO.C6H11NS.C6H14O.C6H12O.C6H14.C5H11ClO2S.C5H14N2.C5H13N/c1-10(2,3)8-12-13-9-6-4-5-7-11-9;1-9(2,3)6-10-7(11)4-5-8(10)12;2*1-5-8(10)6-7-9(2,3)4;1-5-10(8,9)6-7(2,3)4;1-6(8)5-7(2,3)4;1-6(2,3)4-5(9)8-7;2*1-6(2,3)4-7-5-8;1-6(2,3)5-7-4;1-6(2,3)4-5-7;1-5-6(2,3)4;1-5(2,3)4-9(6,7)8;1-5(2,3)4-7-6;1-5(2,3)4-6/h4-7H,8H2,1-3H3;4-5H,6H2,1-3H3;2*5-7H2,1-4H3;5H,1,6H2,2-4H3;5H2,1-4H3;4,7H2,1-3H3,(H,8,9);2*4H2,1-3H3;5H2,1-4H3;5H,4H2,1-3H3;5H2,1-4H3;4H2,1-3H3;7H,4,6H2,1-3H3;4,6H2,1-3H3. The number of aliphatic imine (C=N–C) groups is 2. The largest absolute Gasteiger partial charge is 0.384 e. The molecule has 0 aliphatic carbocycles. The molecule has 1 aliphatic heterocycles. The van der Waals surface area contributed by atoms with Crippen LogP contribution in [-0.4, -0.2) is 143 Å². The number of carbonyl (C=O) groups excluding carboxylic acids is 8. The summed E-state index contributed by atoms with van der Waals surface area (Å²) in [5, 5.41) is 4.44. The van der Waals surface area contributed by atoms with Gasteiger partial charge in [0.05, 0.1) is 36.4 Å². The number of Topliss-reactive ketones (excluding diaryl/α,β-unsaturated/α-hetero) is 3. The van der Waals surface area contributed by atoms with Gasteiger partial charge in [0.25, 0.3) is 11.8 Å². The second-order valence-electron chi connectivity index (χ2n) is 50.1. The highest BCUT2D eigenvalue weighted by Gasteiger charge is 2.28. The molecule has 28 heteroatoms. The van der Waals surface area contributed by atoms with Crippen molar-refractivity contribution < 1.29 is 59.9 Å². The van der Waals surface area contributed by atoms with Crippen molar-refractivity contribution in [2.45, 2.75) is 408 Å². The highest BCUT2D eigenvalue weighted by atomic mass is 35.7. The first-order valence-corrected chi connectivity index (χ1v) is 52.3. The number of nitrogens with one attached hydrogen (secondary N) is 2. The molecule has 130 heavy (non-hydrogen) atoms. The molecule has 8 N–H and O–H groups in total. The molecule has 2 rings (SSSR count). The third-order valence-corrected chi connectivity index (χ3v) is 20.0. The van der Waals surface area contributed by atoms with E-state index in [9.17, 15) is 55.2 Å². The van der Waals surface area contributed by atoms with Crippen molar-refractivity contribution in [3.05, 3.63) is 48.5 Å². The summed E-state index contributed by atoms with van der Waals surface area (Å²) in [5.74, 6) is 11.8. The van der Waals surface area contributed by atoms with Crippen molar-refractivity contribution in [2.24, 2.45) is 109 Å². The van der Waals surface area contributed by atoms with Crippen LogP contribution in [0.3, 0.4) is 0 Å². The van der Waals surface area contributed by atoms with Crippen LogP contribution in [0.25, 0.3) is 0 Å². The monoisotopic (exact) mass is 1960 g/mol. The van der Waals surface area contributed by atoms with Crippen LogP contribution >= 0.6 is 44.5 Å². The van der Waals surface area contributed by atoms with E-state index >= 15 is 0 Å². The SMILES string of the molecule is C=CS(=O)(=O)CC(C)(C)C.CC(=O)CC(C)(C)C.CC(C)(C)CC(=O)NN.CC(C)(C)CC=O.CC(C)(C)CN.CC(C)(C)CN1C(=O)C=CC1=O.CC(C)(C)CN=C=O.CC(C)(C)CN=C=S.CC(C)(C)CNN.CC(C)(C)CS(=O)(=O)Cl.CC(C)(C)CSSc1ccccn1.CCC(=O)CCC(C)(C)C.CCC(=O)CCC(C)(C)C.CCC(C)(C)C.COCC(C)(C)C. The number of amides is 3. The quantitative estimate of drug-likeness (QED) is 0.00773. The van der Waals surface area contributed by atoms with Crippen molar-refractivity contribution in [2.75, 3.05) is 63.7 Å². The number of ketones is 3. The lowest BCUT2D eigenvalue weighted by Crippen LogP contribution is -2.37. The maximum Gasteiger partial charge on any atom is 0.253 e. The maximum atomic E-state index is 11.1. The molecule has 3 amide bonds. The zero-order valence-electron chi connectivity index (χ0n) is 93.0. The minimum Gasteiger partial charge on any atom is -0.384 e. The fourth-order valence-corrected chi connectivity index (χ4v) is 13.2. The molecule has 1 aromatic heterocycles. The van der Waals surface area contributed by atoms with Gasteiger partial charge in [-0.05, 0) is 143 Å². The van der Waals surface area contributed by atoms with E-state index in [1.165, 1.54) is 29.6 Å². The van der Waals surface area contributed by atoms with E-state index in [0.29, 0.717) is 94.7 Å². The predicted octanol–water partition coefficient (Wildman–Crippen LogP) is 26.8. The number of halogens is 1. The predicted molar refractivity (Wildman–Crippen MR) is 572 cm³/mol. The van der Waals surface area contributed by atoms with Crippen molar-refractivity contribution in [1.82, 2.24) is 20.7 Å². The number of isothiocyanates is 1. The third kappa shape index (κ3) is 187. The lowest BCUT2D eigenvalue weighted by atomic mass is 9.89. The number of imide groups is 1. The van der Waals surface area contributed by atoms with E-state index in [1.807, 2.05) is 174 Å². The summed E-state index contributed by atoms with van der Waals surface area (Å²) in [6.45, 7) is 109. The number of sulfone groups is 1. The highest BCUT2D eigenvalue weighted by Crippen LogP contribution is 2.34. The molecule has 0 saturated carbocycles.